The second-order valence-corrected chi connectivity index (χ2v) is 5.06. The van der Waals surface area contributed by atoms with Gasteiger partial charge in [-0.15, -0.1) is 0 Å². The predicted molar refractivity (Wildman–Crippen MR) is 63.3 cm³/mol. The van der Waals surface area contributed by atoms with Gasteiger partial charge in [-0.05, 0) is 24.8 Å². The van der Waals surface area contributed by atoms with Gasteiger partial charge in [0.25, 0.3) is 0 Å². The molecule has 1 aliphatic carbocycles. The molecule has 2 heterocycles. The van der Waals surface area contributed by atoms with Crippen LogP contribution >= 0.6 is 0 Å². The van der Waals surface area contributed by atoms with Gasteiger partial charge < -0.3 is 10.2 Å². The molecule has 0 radical (unpaired) electrons. The molecule has 0 bridgehead atoms. The van der Waals surface area contributed by atoms with Crippen LogP contribution in [0.1, 0.15) is 18.5 Å². The Bertz CT molecular complexity index is 492. The van der Waals surface area contributed by atoms with E-state index in [1.165, 1.54) is 0 Å². The van der Waals surface area contributed by atoms with Crippen LogP contribution in [-0.2, 0) is 23.2 Å². The van der Waals surface area contributed by atoms with Gasteiger partial charge in [-0.1, -0.05) is 0 Å². The zero-order valence-electron chi connectivity index (χ0n) is 10.3. The van der Waals surface area contributed by atoms with Crippen molar-refractivity contribution < 1.29 is 9.59 Å². The number of piperazine rings is 1. The summed E-state index contributed by atoms with van der Waals surface area (Å²) >= 11 is 0. The van der Waals surface area contributed by atoms with Crippen molar-refractivity contribution in [2.75, 3.05) is 6.54 Å². The minimum absolute atomic E-state index is 0.0303. The van der Waals surface area contributed by atoms with Gasteiger partial charge in [-0.3, -0.25) is 14.3 Å². The average molecular weight is 248 g/mol. The second-order valence-electron chi connectivity index (χ2n) is 5.06. The number of carbonyl (C=O) groups is 2. The number of aryl methyl sites for hydroxylation is 1. The van der Waals surface area contributed by atoms with Crippen molar-refractivity contribution in [3.8, 4) is 0 Å². The number of rotatable bonds is 3. The lowest BCUT2D eigenvalue weighted by Crippen LogP contribution is -2.58. The molecule has 1 unspecified atom stereocenters. The van der Waals surface area contributed by atoms with E-state index in [-0.39, 0.29) is 24.4 Å². The van der Waals surface area contributed by atoms with Crippen molar-refractivity contribution >= 4 is 11.8 Å². The van der Waals surface area contributed by atoms with E-state index in [2.05, 4.69) is 10.4 Å². The van der Waals surface area contributed by atoms with Crippen LogP contribution in [0.2, 0.25) is 0 Å². The topological polar surface area (TPSA) is 67.2 Å². The molecule has 1 aliphatic heterocycles. The zero-order valence-corrected chi connectivity index (χ0v) is 10.3. The Kier molecular flexibility index (Phi) is 2.57. The number of hydrogen-bond donors (Lipinski definition) is 1. The van der Waals surface area contributed by atoms with E-state index in [1.807, 2.05) is 19.3 Å². The van der Waals surface area contributed by atoms with Crippen LogP contribution in [0, 0.1) is 5.92 Å². The summed E-state index contributed by atoms with van der Waals surface area (Å²) < 4.78 is 1.70. The lowest BCUT2D eigenvalue weighted by molar-refractivity contribution is -0.145. The molecule has 2 aliphatic rings. The fourth-order valence-corrected chi connectivity index (χ4v) is 2.35. The van der Waals surface area contributed by atoms with Crippen molar-refractivity contribution in [1.29, 1.82) is 0 Å². The fourth-order valence-electron chi connectivity index (χ4n) is 2.35. The molecule has 1 aromatic rings. The lowest BCUT2D eigenvalue weighted by Gasteiger charge is -2.32. The van der Waals surface area contributed by atoms with Crippen LogP contribution in [0.4, 0.5) is 0 Å². The van der Waals surface area contributed by atoms with Gasteiger partial charge in [0.05, 0.1) is 12.2 Å². The van der Waals surface area contributed by atoms with Crippen LogP contribution in [-0.4, -0.2) is 39.1 Å². The maximum atomic E-state index is 12.2. The summed E-state index contributed by atoms with van der Waals surface area (Å²) in [5, 5.41) is 7.03. The summed E-state index contributed by atoms with van der Waals surface area (Å²) in [6, 6.07) is 1.56. The molecular weight excluding hydrogens is 232 g/mol. The van der Waals surface area contributed by atoms with Gasteiger partial charge in [-0.2, -0.15) is 5.10 Å². The Balaban J connectivity index is 1.73. The molecular formula is C12H16N4O2. The van der Waals surface area contributed by atoms with E-state index in [0.29, 0.717) is 12.5 Å². The molecule has 6 nitrogen and oxygen atoms in total. The molecule has 18 heavy (non-hydrogen) atoms. The van der Waals surface area contributed by atoms with Crippen LogP contribution in [0.3, 0.4) is 0 Å². The van der Waals surface area contributed by atoms with E-state index < -0.39 is 0 Å². The number of carbonyl (C=O) groups excluding carboxylic acids is 2. The average Bonchev–Trinajstić information content (AvgIpc) is 3.08. The summed E-state index contributed by atoms with van der Waals surface area (Å²) in [4.78, 5) is 25.5. The first-order valence-electron chi connectivity index (χ1n) is 6.20. The third kappa shape index (κ3) is 2.10. The lowest BCUT2D eigenvalue weighted by atomic mass is 10.1. The summed E-state index contributed by atoms with van der Waals surface area (Å²) in [5.74, 6) is 0.304. The molecule has 1 saturated carbocycles. The Morgan fingerprint density at radius 1 is 1.44 bits per heavy atom. The summed E-state index contributed by atoms with van der Waals surface area (Å²) in [6.45, 7) is 0.551. The van der Waals surface area contributed by atoms with Crippen molar-refractivity contribution in [3.63, 3.8) is 0 Å². The predicted octanol–water partition coefficient (Wildman–Crippen LogP) is -0.343. The van der Waals surface area contributed by atoms with Gasteiger partial charge in [0.15, 0.2) is 0 Å². The van der Waals surface area contributed by atoms with E-state index in [4.69, 9.17) is 0 Å². The number of nitrogens with one attached hydrogen (secondary N) is 1. The Morgan fingerprint density at radius 3 is 2.83 bits per heavy atom. The molecule has 1 saturated heterocycles. The molecule has 0 spiro atoms. The van der Waals surface area contributed by atoms with Gasteiger partial charge in [0, 0.05) is 13.2 Å². The van der Waals surface area contributed by atoms with Crippen LogP contribution < -0.4 is 5.32 Å². The van der Waals surface area contributed by atoms with E-state index in [1.54, 1.807) is 9.58 Å². The molecule has 3 rings (SSSR count). The quantitative estimate of drug-likeness (QED) is 0.795. The van der Waals surface area contributed by atoms with Crippen LogP contribution in [0.25, 0.3) is 0 Å². The highest BCUT2D eigenvalue weighted by Gasteiger charge is 2.42. The highest BCUT2D eigenvalue weighted by atomic mass is 16.2. The van der Waals surface area contributed by atoms with Crippen LogP contribution in [0.5, 0.6) is 0 Å². The normalized spacial score (nSPS) is 24.3. The van der Waals surface area contributed by atoms with Crippen molar-refractivity contribution in [3.05, 3.63) is 18.0 Å². The van der Waals surface area contributed by atoms with Crippen LogP contribution in [0.15, 0.2) is 12.3 Å². The highest BCUT2D eigenvalue weighted by molar-refractivity contribution is 5.95. The molecule has 1 N–H and O–H groups in total. The zero-order chi connectivity index (χ0) is 12.7. The maximum Gasteiger partial charge on any atom is 0.246 e. The largest absolute Gasteiger partial charge is 0.342 e. The van der Waals surface area contributed by atoms with Crippen molar-refractivity contribution in [1.82, 2.24) is 20.0 Å². The SMILES string of the molecule is Cn1ccc(CN2CC(=O)NC(C3CC3)C2=O)n1. The second kappa shape index (κ2) is 4.12. The molecule has 0 aromatic carbocycles. The van der Waals surface area contributed by atoms with Gasteiger partial charge in [0.2, 0.25) is 11.8 Å². The highest BCUT2D eigenvalue weighted by Crippen LogP contribution is 2.34. The molecule has 1 aromatic heterocycles. The molecule has 1 atom stereocenters. The van der Waals surface area contributed by atoms with Gasteiger partial charge >= 0.3 is 0 Å². The fraction of sp³-hybridized carbons (Fsp3) is 0.583. The number of hydrogen-bond acceptors (Lipinski definition) is 3. The smallest absolute Gasteiger partial charge is 0.246 e. The maximum absolute atomic E-state index is 12.2. The first-order chi connectivity index (χ1) is 8.63. The first-order valence-corrected chi connectivity index (χ1v) is 6.20. The third-order valence-corrected chi connectivity index (χ3v) is 3.44. The monoisotopic (exact) mass is 248 g/mol. The molecule has 6 heteroatoms. The van der Waals surface area contributed by atoms with E-state index in [0.717, 1.165) is 18.5 Å². The van der Waals surface area contributed by atoms with Gasteiger partial charge in [-0.25, -0.2) is 0 Å². The van der Waals surface area contributed by atoms with Crippen molar-refractivity contribution in [2.45, 2.75) is 25.4 Å². The molecule has 96 valence electrons. The van der Waals surface area contributed by atoms with E-state index >= 15 is 0 Å². The Morgan fingerprint density at radius 2 is 2.22 bits per heavy atom. The number of nitrogens with zero attached hydrogens (tertiary/aromatic N) is 3. The molecule has 2 fully saturated rings. The summed E-state index contributed by atoms with van der Waals surface area (Å²) in [7, 11) is 1.83. The number of amides is 2. The Labute approximate surface area is 105 Å². The molecule has 2 amide bonds. The third-order valence-electron chi connectivity index (χ3n) is 3.44. The Hall–Kier alpha value is -1.85. The van der Waals surface area contributed by atoms with E-state index in [9.17, 15) is 9.59 Å². The minimum Gasteiger partial charge on any atom is -0.342 e. The summed E-state index contributed by atoms with van der Waals surface area (Å²) in [6.07, 6.45) is 3.91. The first kappa shape index (κ1) is 11.3. The minimum atomic E-state index is -0.310. The van der Waals surface area contributed by atoms with Crippen molar-refractivity contribution in [2.24, 2.45) is 13.0 Å². The van der Waals surface area contributed by atoms with Gasteiger partial charge in [0.1, 0.15) is 12.6 Å². The number of aromatic nitrogens is 2. The standard InChI is InChI=1S/C12H16N4O2/c1-15-5-4-9(14-15)6-16-7-10(17)13-11(12(16)18)8-2-3-8/h4-5,8,11H,2-3,6-7H2,1H3,(H,13,17). The summed E-state index contributed by atoms with van der Waals surface area (Å²) in [5.41, 5.74) is 0.815.